The van der Waals surface area contributed by atoms with Crippen molar-refractivity contribution in [1.82, 2.24) is 4.90 Å². The van der Waals surface area contributed by atoms with Crippen LogP contribution in [0, 0.1) is 0 Å². The predicted molar refractivity (Wildman–Crippen MR) is 123 cm³/mol. The van der Waals surface area contributed by atoms with Crippen LogP contribution in [0.2, 0.25) is 0 Å². The van der Waals surface area contributed by atoms with Crippen LogP contribution in [-0.4, -0.2) is 56.1 Å². The summed E-state index contributed by atoms with van der Waals surface area (Å²) in [4.78, 5) is 30.7. The molecule has 172 valence electrons. The van der Waals surface area contributed by atoms with E-state index in [-0.39, 0.29) is 24.1 Å². The zero-order valence-electron chi connectivity index (χ0n) is 18.7. The van der Waals surface area contributed by atoms with Crippen molar-refractivity contribution in [2.75, 3.05) is 33.4 Å². The Morgan fingerprint density at radius 2 is 1.85 bits per heavy atom. The van der Waals surface area contributed by atoms with Crippen LogP contribution in [0.3, 0.4) is 0 Å². The van der Waals surface area contributed by atoms with Crippen LogP contribution in [0.25, 0.3) is 6.08 Å². The Bertz CT molecular complexity index is 1080. The fourth-order valence-electron chi connectivity index (χ4n) is 3.64. The Kier molecular flexibility index (Phi) is 6.92. The highest BCUT2D eigenvalue weighted by Crippen LogP contribution is 2.30. The molecule has 8 heteroatoms. The van der Waals surface area contributed by atoms with Crippen LogP contribution in [-0.2, 0) is 14.3 Å². The highest BCUT2D eigenvalue weighted by atomic mass is 16.6. The van der Waals surface area contributed by atoms with E-state index in [0.717, 1.165) is 31.7 Å². The van der Waals surface area contributed by atoms with E-state index in [4.69, 9.17) is 18.9 Å². The van der Waals surface area contributed by atoms with Gasteiger partial charge in [-0.25, -0.2) is 9.79 Å². The average Bonchev–Trinajstić information content (AvgIpc) is 3.49. The standard InChI is InChI=1S/C25H26N2O6/c1-3-31-19-9-7-18(8-10-19)24-26-20(25(29)33-24)14-17-6-11-21(22(15-17)30-2)32-16-23(28)27-12-4-5-13-27/h6-11,14-15H,3-5,12-13,16H2,1-2H3/b20-14+. The van der Waals surface area contributed by atoms with Crippen molar-refractivity contribution < 1.29 is 28.5 Å². The Balaban J connectivity index is 1.47. The number of hydrogen-bond acceptors (Lipinski definition) is 7. The third-order valence-corrected chi connectivity index (χ3v) is 5.33. The Morgan fingerprint density at radius 1 is 1.09 bits per heavy atom. The zero-order chi connectivity index (χ0) is 23.2. The van der Waals surface area contributed by atoms with Gasteiger partial charge in [0.2, 0.25) is 5.90 Å². The van der Waals surface area contributed by atoms with Crippen LogP contribution < -0.4 is 14.2 Å². The van der Waals surface area contributed by atoms with Gasteiger partial charge in [0.25, 0.3) is 5.91 Å². The second kappa shape index (κ2) is 10.2. The summed E-state index contributed by atoms with van der Waals surface area (Å²) in [5.74, 6) is 1.32. The third-order valence-electron chi connectivity index (χ3n) is 5.33. The van der Waals surface area contributed by atoms with E-state index in [1.165, 1.54) is 7.11 Å². The number of aliphatic imine (C=N–C) groups is 1. The highest BCUT2D eigenvalue weighted by molar-refractivity contribution is 6.12. The number of benzene rings is 2. The van der Waals surface area contributed by atoms with Crippen LogP contribution in [0.5, 0.6) is 17.2 Å². The monoisotopic (exact) mass is 450 g/mol. The molecule has 2 aromatic carbocycles. The first-order valence-electron chi connectivity index (χ1n) is 10.9. The van der Waals surface area contributed by atoms with Gasteiger partial charge in [0, 0.05) is 18.7 Å². The maximum atomic E-state index is 12.3. The minimum absolute atomic E-state index is 0.0365. The van der Waals surface area contributed by atoms with Gasteiger partial charge in [0.15, 0.2) is 23.8 Å². The van der Waals surface area contributed by atoms with E-state index in [1.807, 2.05) is 6.92 Å². The quantitative estimate of drug-likeness (QED) is 0.452. The number of esters is 1. The minimum Gasteiger partial charge on any atom is -0.494 e. The summed E-state index contributed by atoms with van der Waals surface area (Å²) in [5, 5.41) is 0. The fourth-order valence-corrected chi connectivity index (χ4v) is 3.64. The summed E-state index contributed by atoms with van der Waals surface area (Å²) in [7, 11) is 1.52. The molecule has 0 unspecified atom stereocenters. The summed E-state index contributed by atoms with van der Waals surface area (Å²) in [5.41, 5.74) is 1.55. The molecule has 2 aliphatic heterocycles. The molecule has 0 saturated carbocycles. The molecule has 2 aliphatic rings. The Hall–Kier alpha value is -3.81. The van der Waals surface area contributed by atoms with E-state index in [1.54, 1.807) is 53.4 Å². The molecule has 8 nitrogen and oxygen atoms in total. The first-order chi connectivity index (χ1) is 16.1. The maximum absolute atomic E-state index is 12.3. The van der Waals surface area contributed by atoms with Crippen molar-refractivity contribution in [3.05, 3.63) is 59.3 Å². The van der Waals surface area contributed by atoms with Gasteiger partial charge in [-0.3, -0.25) is 4.79 Å². The summed E-state index contributed by atoms with van der Waals surface area (Å²) in [6.45, 7) is 4.00. The van der Waals surface area contributed by atoms with Crippen molar-refractivity contribution in [2.45, 2.75) is 19.8 Å². The molecular weight excluding hydrogens is 424 g/mol. The molecular formula is C25H26N2O6. The SMILES string of the molecule is CCOc1ccc(C2=N/C(=C/c3ccc(OCC(=O)N4CCCC4)c(OC)c3)C(=O)O2)cc1. The van der Waals surface area contributed by atoms with E-state index >= 15 is 0 Å². The van der Waals surface area contributed by atoms with Gasteiger partial charge in [-0.2, -0.15) is 0 Å². The topological polar surface area (TPSA) is 86.7 Å². The molecule has 1 fully saturated rings. The molecule has 33 heavy (non-hydrogen) atoms. The average molecular weight is 450 g/mol. The van der Waals surface area contributed by atoms with Crippen molar-refractivity contribution >= 4 is 23.9 Å². The largest absolute Gasteiger partial charge is 0.494 e. The second-order valence-electron chi connectivity index (χ2n) is 7.58. The number of rotatable bonds is 8. The summed E-state index contributed by atoms with van der Waals surface area (Å²) >= 11 is 0. The maximum Gasteiger partial charge on any atom is 0.363 e. The molecule has 1 saturated heterocycles. The molecule has 0 atom stereocenters. The van der Waals surface area contributed by atoms with Crippen molar-refractivity contribution in [2.24, 2.45) is 4.99 Å². The smallest absolute Gasteiger partial charge is 0.363 e. The van der Waals surface area contributed by atoms with Gasteiger partial charge in [0.05, 0.1) is 13.7 Å². The second-order valence-corrected chi connectivity index (χ2v) is 7.58. The molecule has 4 rings (SSSR count). The lowest BCUT2D eigenvalue weighted by atomic mass is 10.1. The van der Waals surface area contributed by atoms with Gasteiger partial charge in [-0.05, 0) is 67.8 Å². The normalized spacial score (nSPS) is 16.5. The molecule has 0 aliphatic carbocycles. The zero-order valence-corrected chi connectivity index (χ0v) is 18.7. The molecule has 2 heterocycles. The number of likely N-dealkylation sites (tertiary alicyclic amines) is 1. The van der Waals surface area contributed by atoms with Gasteiger partial charge in [-0.1, -0.05) is 6.07 Å². The molecule has 0 radical (unpaired) electrons. The van der Waals surface area contributed by atoms with E-state index in [9.17, 15) is 9.59 Å². The molecule has 0 N–H and O–H groups in total. The van der Waals surface area contributed by atoms with Crippen LogP contribution in [0.4, 0.5) is 0 Å². The van der Waals surface area contributed by atoms with Crippen LogP contribution >= 0.6 is 0 Å². The number of ether oxygens (including phenoxy) is 4. The van der Waals surface area contributed by atoms with Crippen LogP contribution in [0.1, 0.15) is 30.9 Å². The third kappa shape index (κ3) is 5.34. The molecule has 0 bridgehead atoms. The first-order valence-corrected chi connectivity index (χ1v) is 10.9. The van der Waals surface area contributed by atoms with E-state index in [0.29, 0.717) is 29.2 Å². The molecule has 0 aromatic heterocycles. The van der Waals surface area contributed by atoms with Crippen molar-refractivity contribution in [3.8, 4) is 17.2 Å². The lowest BCUT2D eigenvalue weighted by Gasteiger charge is -2.16. The minimum atomic E-state index is -0.533. The Morgan fingerprint density at radius 3 is 2.55 bits per heavy atom. The van der Waals surface area contributed by atoms with Crippen LogP contribution in [0.15, 0.2) is 53.2 Å². The van der Waals surface area contributed by atoms with Gasteiger partial charge >= 0.3 is 5.97 Å². The number of carbonyl (C=O) groups excluding carboxylic acids is 2. The van der Waals surface area contributed by atoms with E-state index in [2.05, 4.69) is 4.99 Å². The number of carbonyl (C=O) groups is 2. The summed E-state index contributed by atoms with van der Waals surface area (Å²) in [6.07, 6.45) is 3.68. The molecule has 0 spiro atoms. The first kappa shape index (κ1) is 22.4. The highest BCUT2D eigenvalue weighted by Gasteiger charge is 2.24. The number of nitrogens with zero attached hydrogens (tertiary/aromatic N) is 2. The summed E-state index contributed by atoms with van der Waals surface area (Å²) < 4.78 is 21.9. The number of cyclic esters (lactones) is 1. The fraction of sp³-hybridized carbons (Fsp3) is 0.320. The van der Waals surface area contributed by atoms with Gasteiger partial charge in [0.1, 0.15) is 5.75 Å². The van der Waals surface area contributed by atoms with Crippen molar-refractivity contribution in [3.63, 3.8) is 0 Å². The van der Waals surface area contributed by atoms with E-state index < -0.39 is 5.97 Å². The number of methoxy groups -OCH3 is 1. The Labute approximate surface area is 192 Å². The van der Waals surface area contributed by atoms with Gasteiger partial charge < -0.3 is 23.8 Å². The van der Waals surface area contributed by atoms with Crippen molar-refractivity contribution in [1.29, 1.82) is 0 Å². The molecule has 2 aromatic rings. The number of amides is 1. The summed E-state index contributed by atoms with van der Waals surface area (Å²) in [6, 6.07) is 12.4. The predicted octanol–water partition coefficient (Wildman–Crippen LogP) is 3.44. The van der Waals surface area contributed by atoms with Gasteiger partial charge in [-0.15, -0.1) is 0 Å². The lowest BCUT2D eigenvalue weighted by molar-refractivity contribution is -0.132. The lowest BCUT2D eigenvalue weighted by Crippen LogP contribution is -2.32. The molecule has 1 amide bonds. The number of hydrogen-bond donors (Lipinski definition) is 0.